The van der Waals surface area contributed by atoms with Gasteiger partial charge in [-0.05, 0) is 47.9 Å². The quantitative estimate of drug-likeness (QED) is 0.239. The van der Waals surface area contributed by atoms with E-state index in [0.29, 0.717) is 5.69 Å². The van der Waals surface area contributed by atoms with Gasteiger partial charge in [0.25, 0.3) is 5.91 Å². The zero-order chi connectivity index (χ0) is 30.5. The Bertz CT molecular complexity index is 1200. The van der Waals surface area contributed by atoms with E-state index in [1.165, 1.54) is 0 Å². The third kappa shape index (κ3) is 11.0. The highest BCUT2D eigenvalue weighted by Crippen LogP contribution is 2.11. The van der Waals surface area contributed by atoms with Crippen LogP contribution >= 0.6 is 0 Å². The smallest absolute Gasteiger partial charge is 0.408 e. The van der Waals surface area contributed by atoms with Crippen molar-refractivity contribution in [3.63, 3.8) is 0 Å². The second-order valence-electron chi connectivity index (χ2n) is 10.6. The van der Waals surface area contributed by atoms with Gasteiger partial charge < -0.3 is 26.4 Å². The van der Waals surface area contributed by atoms with E-state index in [4.69, 9.17) is 10.5 Å². The van der Waals surface area contributed by atoms with Crippen LogP contribution in [0.4, 0.5) is 4.79 Å². The minimum atomic E-state index is -1.27. The average molecular weight is 568 g/mol. The molecule has 0 fully saturated rings. The molecule has 0 radical (unpaired) electrons. The van der Waals surface area contributed by atoms with Crippen molar-refractivity contribution in [1.82, 2.24) is 20.9 Å². The fourth-order valence-corrected chi connectivity index (χ4v) is 4.11. The van der Waals surface area contributed by atoms with Gasteiger partial charge in [-0.25, -0.2) is 4.79 Å². The molecule has 3 atom stereocenters. The molecule has 222 valence electrons. The highest BCUT2D eigenvalue weighted by molar-refractivity contribution is 6.37. The fourth-order valence-electron chi connectivity index (χ4n) is 4.11. The predicted octanol–water partition coefficient (Wildman–Crippen LogP) is 2.21. The highest BCUT2D eigenvalue weighted by Gasteiger charge is 2.33. The van der Waals surface area contributed by atoms with Crippen LogP contribution in [-0.4, -0.2) is 52.7 Å². The molecule has 0 aliphatic heterocycles. The zero-order valence-electron chi connectivity index (χ0n) is 24.3. The standard InChI is InChI=1S/C30H41N5O6/c1-6-20-12-13-32-22(15-20)16-23(26(36)27(31)37)33-28(38)24(14-18(2)3)34-29(39)25(19(4)5)35-30(40)41-17-21-10-8-7-9-11-21/h7-13,15,18-19,23-25H,6,14,16-17H2,1-5H3,(H2,31,37)(H,33,38)(H,34,39)(H,35,40). The van der Waals surface area contributed by atoms with E-state index in [2.05, 4.69) is 20.9 Å². The molecule has 0 aliphatic carbocycles. The Morgan fingerprint density at radius 3 is 2.12 bits per heavy atom. The SMILES string of the molecule is CCc1ccnc(CC(NC(=O)C(CC(C)C)NC(=O)C(NC(=O)OCc2ccccc2)C(C)C)C(=O)C(N)=O)c1. The molecular weight excluding hydrogens is 526 g/mol. The lowest BCUT2D eigenvalue weighted by Crippen LogP contribution is -2.58. The van der Waals surface area contributed by atoms with Gasteiger partial charge in [0.15, 0.2) is 0 Å². The fraction of sp³-hybridized carbons (Fsp3) is 0.467. The molecule has 1 aromatic heterocycles. The minimum Gasteiger partial charge on any atom is -0.445 e. The number of alkyl carbamates (subject to hydrolysis) is 1. The lowest BCUT2D eigenvalue weighted by molar-refractivity contribution is -0.139. The highest BCUT2D eigenvalue weighted by atomic mass is 16.5. The summed E-state index contributed by atoms with van der Waals surface area (Å²) in [6.07, 6.45) is 1.74. The summed E-state index contributed by atoms with van der Waals surface area (Å²) in [7, 11) is 0. The van der Waals surface area contributed by atoms with Crippen molar-refractivity contribution in [2.75, 3.05) is 0 Å². The molecular formula is C30H41N5O6. The van der Waals surface area contributed by atoms with E-state index in [1.54, 1.807) is 26.1 Å². The molecule has 0 aliphatic rings. The third-order valence-electron chi connectivity index (χ3n) is 6.35. The predicted molar refractivity (Wildman–Crippen MR) is 153 cm³/mol. The van der Waals surface area contributed by atoms with E-state index in [0.717, 1.165) is 17.5 Å². The molecule has 3 unspecified atom stereocenters. The Kier molecular flexibility index (Phi) is 12.9. The van der Waals surface area contributed by atoms with E-state index in [1.807, 2.05) is 57.2 Å². The summed E-state index contributed by atoms with van der Waals surface area (Å²) in [5.41, 5.74) is 7.53. The number of Topliss-reactive ketones (excluding diaryl/α,β-unsaturated/α-hetero) is 1. The summed E-state index contributed by atoms with van der Waals surface area (Å²) in [4.78, 5) is 67.7. The van der Waals surface area contributed by atoms with Crippen molar-refractivity contribution in [2.45, 2.75) is 78.6 Å². The number of carbonyl (C=O) groups excluding carboxylic acids is 5. The molecule has 1 heterocycles. The number of carbonyl (C=O) groups is 5. The number of hydrogen-bond donors (Lipinski definition) is 4. The van der Waals surface area contributed by atoms with Crippen molar-refractivity contribution in [3.8, 4) is 0 Å². The Morgan fingerprint density at radius 2 is 1.54 bits per heavy atom. The number of pyridine rings is 1. The molecule has 41 heavy (non-hydrogen) atoms. The maximum absolute atomic E-state index is 13.4. The Hall–Kier alpha value is -4.28. The van der Waals surface area contributed by atoms with Crippen LogP contribution in [0.2, 0.25) is 0 Å². The summed E-state index contributed by atoms with van der Waals surface area (Å²) in [6.45, 7) is 9.24. The van der Waals surface area contributed by atoms with Crippen molar-refractivity contribution < 1.29 is 28.7 Å². The molecule has 11 nitrogen and oxygen atoms in total. The molecule has 2 rings (SSSR count). The van der Waals surface area contributed by atoms with Gasteiger partial charge in [0.05, 0.1) is 0 Å². The summed E-state index contributed by atoms with van der Waals surface area (Å²) in [5, 5.41) is 7.86. The summed E-state index contributed by atoms with van der Waals surface area (Å²) in [6, 6.07) is 9.41. The van der Waals surface area contributed by atoms with Crippen LogP contribution < -0.4 is 21.7 Å². The van der Waals surface area contributed by atoms with Crippen molar-refractivity contribution in [1.29, 1.82) is 0 Å². The first-order chi connectivity index (χ1) is 19.4. The van der Waals surface area contributed by atoms with Gasteiger partial charge in [0.2, 0.25) is 17.6 Å². The first-order valence-electron chi connectivity index (χ1n) is 13.8. The number of amides is 4. The lowest BCUT2D eigenvalue weighted by Gasteiger charge is -2.27. The number of hydrogen-bond acceptors (Lipinski definition) is 7. The number of ether oxygens (including phenoxy) is 1. The molecule has 0 saturated heterocycles. The van der Waals surface area contributed by atoms with E-state index in [-0.39, 0.29) is 31.3 Å². The second-order valence-corrected chi connectivity index (χ2v) is 10.6. The van der Waals surface area contributed by atoms with Crippen molar-refractivity contribution >= 4 is 29.6 Å². The number of aromatic nitrogens is 1. The number of nitrogens with two attached hydrogens (primary N) is 1. The maximum Gasteiger partial charge on any atom is 0.408 e. The average Bonchev–Trinajstić information content (AvgIpc) is 2.93. The second kappa shape index (κ2) is 16.1. The van der Waals surface area contributed by atoms with Crippen LogP contribution in [0, 0.1) is 11.8 Å². The first kappa shape index (κ1) is 32.9. The summed E-state index contributed by atoms with van der Waals surface area (Å²) < 4.78 is 5.25. The summed E-state index contributed by atoms with van der Waals surface area (Å²) >= 11 is 0. The van der Waals surface area contributed by atoms with Gasteiger partial charge in [-0.2, -0.15) is 0 Å². The van der Waals surface area contributed by atoms with Gasteiger partial charge in [-0.15, -0.1) is 0 Å². The van der Waals surface area contributed by atoms with Crippen LogP contribution in [0.1, 0.15) is 57.9 Å². The number of benzene rings is 1. The third-order valence-corrected chi connectivity index (χ3v) is 6.35. The summed E-state index contributed by atoms with van der Waals surface area (Å²) in [5.74, 6) is -3.76. The van der Waals surface area contributed by atoms with E-state index >= 15 is 0 Å². The Labute approximate surface area is 241 Å². The largest absolute Gasteiger partial charge is 0.445 e. The van der Waals surface area contributed by atoms with Crippen LogP contribution in [0.3, 0.4) is 0 Å². The van der Waals surface area contributed by atoms with Crippen LogP contribution in [0.15, 0.2) is 48.7 Å². The normalized spacial score (nSPS) is 13.1. The number of ketones is 1. The van der Waals surface area contributed by atoms with Gasteiger partial charge in [0.1, 0.15) is 24.7 Å². The molecule has 0 bridgehead atoms. The zero-order valence-corrected chi connectivity index (χ0v) is 24.3. The Morgan fingerprint density at radius 1 is 0.878 bits per heavy atom. The number of nitrogens with one attached hydrogen (secondary N) is 3. The van der Waals surface area contributed by atoms with Gasteiger partial charge in [-0.3, -0.25) is 24.2 Å². The Balaban J connectivity index is 2.15. The lowest BCUT2D eigenvalue weighted by atomic mass is 9.98. The molecule has 0 spiro atoms. The monoisotopic (exact) mass is 567 g/mol. The van der Waals surface area contributed by atoms with Crippen LogP contribution in [0.25, 0.3) is 0 Å². The molecule has 2 aromatic rings. The molecule has 0 saturated carbocycles. The van der Waals surface area contributed by atoms with Gasteiger partial charge in [0, 0.05) is 18.3 Å². The van der Waals surface area contributed by atoms with Crippen LogP contribution in [-0.2, 0) is 43.4 Å². The molecule has 4 amide bonds. The minimum absolute atomic E-state index is 0.0134. The molecule has 11 heteroatoms. The number of nitrogens with zero attached hydrogens (tertiary/aromatic N) is 1. The number of rotatable bonds is 15. The van der Waals surface area contributed by atoms with Crippen molar-refractivity contribution in [2.24, 2.45) is 17.6 Å². The van der Waals surface area contributed by atoms with Crippen LogP contribution in [0.5, 0.6) is 0 Å². The molecule has 5 N–H and O–H groups in total. The van der Waals surface area contributed by atoms with Gasteiger partial charge in [-0.1, -0.05) is 65.0 Å². The van der Waals surface area contributed by atoms with Gasteiger partial charge >= 0.3 is 6.09 Å². The van der Waals surface area contributed by atoms with Crippen molar-refractivity contribution in [3.05, 3.63) is 65.5 Å². The number of aryl methyl sites for hydroxylation is 1. The maximum atomic E-state index is 13.4. The molecule has 1 aromatic carbocycles. The topological polar surface area (TPSA) is 170 Å². The number of primary amides is 1. The first-order valence-corrected chi connectivity index (χ1v) is 13.8. The van der Waals surface area contributed by atoms with E-state index < -0.39 is 47.7 Å². The van der Waals surface area contributed by atoms with E-state index in [9.17, 15) is 24.0 Å².